The van der Waals surface area contributed by atoms with Crippen LogP contribution >= 0.6 is 11.3 Å². The second kappa shape index (κ2) is 5.79. The molecule has 122 valence electrons. The van der Waals surface area contributed by atoms with Gasteiger partial charge in [-0.25, -0.2) is 4.98 Å². The van der Waals surface area contributed by atoms with Gasteiger partial charge in [-0.1, -0.05) is 16.6 Å². The maximum absolute atomic E-state index is 12.3. The molecule has 0 radical (unpaired) electrons. The molecule has 0 aliphatic heterocycles. The van der Waals surface area contributed by atoms with Crippen molar-refractivity contribution in [2.45, 2.75) is 26.3 Å². The van der Waals surface area contributed by atoms with E-state index >= 15 is 0 Å². The lowest BCUT2D eigenvalue weighted by atomic mass is 10.1. The van der Waals surface area contributed by atoms with E-state index < -0.39 is 0 Å². The van der Waals surface area contributed by atoms with Crippen LogP contribution in [0.25, 0.3) is 10.2 Å². The van der Waals surface area contributed by atoms with E-state index in [9.17, 15) is 9.59 Å². The molecule has 0 unspecified atom stereocenters. The molecular weight excluding hydrogens is 326 g/mol. The number of Topliss-reactive ketones (excluding diaryl/α,β-unsaturated/α-hetero) is 1. The number of hydrogen-bond donors (Lipinski definition) is 1. The standard InChI is InChI=1S/C16H15N5O2S/c1-9(22)11-4-5-12-14(6-11)24-16(17-12)18-15(23)13-8-21(20-19-13)7-10-2-3-10/h4-6,8,10H,2-3,7H2,1H3,(H,17,18,23). The number of hydrogen-bond acceptors (Lipinski definition) is 6. The van der Waals surface area contributed by atoms with Gasteiger partial charge >= 0.3 is 0 Å². The minimum atomic E-state index is -0.331. The highest BCUT2D eigenvalue weighted by atomic mass is 32.1. The molecule has 3 aromatic rings. The summed E-state index contributed by atoms with van der Waals surface area (Å²) in [5.74, 6) is 0.341. The van der Waals surface area contributed by atoms with Crippen LogP contribution in [0.2, 0.25) is 0 Å². The number of amides is 1. The Kier molecular flexibility index (Phi) is 3.61. The van der Waals surface area contributed by atoms with Crippen LogP contribution in [0.4, 0.5) is 5.13 Å². The fourth-order valence-electron chi connectivity index (χ4n) is 2.41. The summed E-state index contributed by atoms with van der Waals surface area (Å²) in [7, 11) is 0. The lowest BCUT2D eigenvalue weighted by Gasteiger charge is -1.96. The van der Waals surface area contributed by atoms with Gasteiger partial charge in [-0.05, 0) is 43.9 Å². The molecule has 1 amide bonds. The first-order valence-corrected chi connectivity index (χ1v) is 8.53. The van der Waals surface area contributed by atoms with Crippen molar-refractivity contribution in [3.63, 3.8) is 0 Å². The number of carbonyl (C=O) groups is 2. The smallest absolute Gasteiger partial charge is 0.279 e. The second-order valence-corrected chi connectivity index (χ2v) is 7.01. The molecule has 0 bridgehead atoms. The topological polar surface area (TPSA) is 89.8 Å². The summed E-state index contributed by atoms with van der Waals surface area (Å²) in [5.41, 5.74) is 1.66. The normalized spacial score (nSPS) is 14.0. The van der Waals surface area contributed by atoms with Crippen LogP contribution in [0.1, 0.15) is 40.6 Å². The van der Waals surface area contributed by atoms with Crippen LogP contribution in [-0.2, 0) is 6.54 Å². The summed E-state index contributed by atoms with van der Waals surface area (Å²) in [6.45, 7) is 2.34. The zero-order valence-corrected chi connectivity index (χ0v) is 13.8. The van der Waals surface area contributed by atoms with Crippen molar-refractivity contribution in [2.24, 2.45) is 5.92 Å². The fourth-order valence-corrected chi connectivity index (χ4v) is 3.32. The van der Waals surface area contributed by atoms with Crippen LogP contribution in [0.3, 0.4) is 0 Å². The third-order valence-corrected chi connectivity index (χ3v) is 4.86. The average Bonchev–Trinajstić information content (AvgIpc) is 3.08. The Bertz CT molecular complexity index is 941. The van der Waals surface area contributed by atoms with Crippen LogP contribution in [0, 0.1) is 5.92 Å². The van der Waals surface area contributed by atoms with Gasteiger partial charge in [-0.2, -0.15) is 0 Å². The van der Waals surface area contributed by atoms with Gasteiger partial charge < -0.3 is 0 Å². The molecule has 0 spiro atoms. The number of ketones is 1. The lowest BCUT2D eigenvalue weighted by molar-refractivity contribution is 0.101. The molecule has 1 aliphatic carbocycles. The zero-order valence-electron chi connectivity index (χ0n) is 13.0. The van der Waals surface area contributed by atoms with E-state index in [2.05, 4.69) is 20.6 Å². The van der Waals surface area contributed by atoms with Gasteiger partial charge in [0.15, 0.2) is 16.6 Å². The van der Waals surface area contributed by atoms with E-state index in [-0.39, 0.29) is 17.4 Å². The van der Waals surface area contributed by atoms with Crippen LogP contribution in [0.15, 0.2) is 24.4 Å². The van der Waals surface area contributed by atoms with Gasteiger partial charge in [-0.15, -0.1) is 5.10 Å². The Balaban J connectivity index is 1.51. The van der Waals surface area contributed by atoms with Crippen LogP contribution in [-0.4, -0.2) is 31.7 Å². The highest BCUT2D eigenvalue weighted by molar-refractivity contribution is 7.22. The van der Waals surface area contributed by atoms with E-state index in [1.54, 1.807) is 29.1 Å². The Morgan fingerprint density at radius 3 is 2.96 bits per heavy atom. The molecule has 4 rings (SSSR count). The van der Waals surface area contributed by atoms with E-state index in [0.717, 1.165) is 16.8 Å². The predicted molar refractivity (Wildman–Crippen MR) is 90.3 cm³/mol. The maximum atomic E-state index is 12.3. The predicted octanol–water partition coefficient (Wildman–Crippen LogP) is 2.75. The van der Waals surface area contributed by atoms with Gasteiger partial charge in [0.05, 0.1) is 16.4 Å². The van der Waals surface area contributed by atoms with Crippen molar-refractivity contribution in [2.75, 3.05) is 5.32 Å². The molecule has 1 aromatic carbocycles. The molecule has 1 N–H and O–H groups in total. The maximum Gasteiger partial charge on any atom is 0.279 e. The summed E-state index contributed by atoms with van der Waals surface area (Å²) in [4.78, 5) is 28.1. The molecule has 8 heteroatoms. The van der Waals surface area contributed by atoms with E-state index in [4.69, 9.17) is 0 Å². The van der Waals surface area contributed by atoms with Crippen LogP contribution in [0.5, 0.6) is 0 Å². The minimum Gasteiger partial charge on any atom is -0.296 e. The largest absolute Gasteiger partial charge is 0.296 e. The molecule has 0 atom stereocenters. The number of benzene rings is 1. The summed E-state index contributed by atoms with van der Waals surface area (Å²) >= 11 is 1.33. The number of nitrogens with one attached hydrogen (secondary N) is 1. The Hall–Kier alpha value is -2.61. The first kappa shape index (κ1) is 14.9. The van der Waals surface area contributed by atoms with Gasteiger partial charge in [0.2, 0.25) is 0 Å². The third kappa shape index (κ3) is 3.05. The molecule has 24 heavy (non-hydrogen) atoms. The number of anilines is 1. The molecular formula is C16H15N5O2S. The van der Waals surface area contributed by atoms with Crippen molar-refractivity contribution in [3.8, 4) is 0 Å². The highest BCUT2D eigenvalue weighted by Gasteiger charge is 2.23. The quantitative estimate of drug-likeness (QED) is 0.721. The lowest BCUT2D eigenvalue weighted by Crippen LogP contribution is -2.12. The van der Waals surface area contributed by atoms with Crippen molar-refractivity contribution in [1.82, 2.24) is 20.0 Å². The summed E-state index contributed by atoms with van der Waals surface area (Å²) in [6, 6.07) is 5.31. The monoisotopic (exact) mass is 341 g/mol. The van der Waals surface area contributed by atoms with E-state index in [1.807, 2.05) is 0 Å². The van der Waals surface area contributed by atoms with E-state index in [0.29, 0.717) is 16.6 Å². The number of fused-ring (bicyclic) bond motifs is 1. The Morgan fingerprint density at radius 2 is 2.21 bits per heavy atom. The molecule has 1 saturated carbocycles. The third-order valence-electron chi connectivity index (χ3n) is 3.93. The Labute approximate surface area is 141 Å². The SMILES string of the molecule is CC(=O)c1ccc2nc(NC(=O)c3cn(CC4CC4)nn3)sc2c1. The minimum absolute atomic E-state index is 0.00293. The molecule has 0 saturated heterocycles. The number of aromatic nitrogens is 4. The summed E-state index contributed by atoms with van der Waals surface area (Å²) in [6.07, 6.45) is 4.10. The summed E-state index contributed by atoms with van der Waals surface area (Å²) < 4.78 is 2.57. The van der Waals surface area contributed by atoms with Gasteiger partial charge in [-0.3, -0.25) is 19.6 Å². The van der Waals surface area contributed by atoms with Crippen molar-refractivity contribution in [3.05, 3.63) is 35.7 Å². The number of thiazole rings is 1. The highest BCUT2D eigenvalue weighted by Crippen LogP contribution is 2.30. The van der Waals surface area contributed by atoms with Gasteiger partial charge in [0.1, 0.15) is 0 Å². The van der Waals surface area contributed by atoms with Gasteiger partial charge in [0.25, 0.3) is 5.91 Å². The van der Waals surface area contributed by atoms with Crippen molar-refractivity contribution >= 4 is 38.4 Å². The zero-order chi connectivity index (χ0) is 16.7. The van der Waals surface area contributed by atoms with Crippen molar-refractivity contribution < 1.29 is 9.59 Å². The van der Waals surface area contributed by atoms with Crippen molar-refractivity contribution in [1.29, 1.82) is 0 Å². The van der Waals surface area contributed by atoms with E-state index in [1.165, 1.54) is 31.1 Å². The molecule has 2 aromatic heterocycles. The number of nitrogens with zero attached hydrogens (tertiary/aromatic N) is 4. The molecule has 7 nitrogen and oxygen atoms in total. The first-order valence-electron chi connectivity index (χ1n) is 7.71. The second-order valence-electron chi connectivity index (χ2n) is 5.98. The molecule has 2 heterocycles. The fraction of sp³-hybridized carbons (Fsp3) is 0.312. The number of carbonyl (C=O) groups excluding carboxylic acids is 2. The first-order chi connectivity index (χ1) is 11.6. The number of rotatable bonds is 5. The van der Waals surface area contributed by atoms with Gasteiger partial charge in [0, 0.05) is 12.1 Å². The molecule has 1 aliphatic rings. The average molecular weight is 341 g/mol. The van der Waals surface area contributed by atoms with Crippen LogP contribution < -0.4 is 5.32 Å². The molecule has 1 fully saturated rings. The Morgan fingerprint density at radius 1 is 1.38 bits per heavy atom. The summed E-state index contributed by atoms with van der Waals surface area (Å²) in [5, 5.41) is 11.1.